The summed E-state index contributed by atoms with van der Waals surface area (Å²) in [5.41, 5.74) is 4.84. The van der Waals surface area contributed by atoms with Crippen LogP contribution >= 0.6 is 0 Å². The highest BCUT2D eigenvalue weighted by Crippen LogP contribution is 2.22. The Labute approximate surface area is 90.7 Å². The molecule has 0 aliphatic rings. The Morgan fingerprint density at radius 3 is 2.73 bits per heavy atom. The van der Waals surface area contributed by atoms with E-state index in [0.29, 0.717) is 5.92 Å². The number of aryl methyl sites for hydroxylation is 2. The first kappa shape index (κ1) is 10.2. The Bertz CT molecular complexity index is 482. The van der Waals surface area contributed by atoms with Crippen molar-refractivity contribution in [3.63, 3.8) is 0 Å². The van der Waals surface area contributed by atoms with Crippen molar-refractivity contribution in [3.05, 3.63) is 29.1 Å². The van der Waals surface area contributed by atoms with Crippen LogP contribution in [0.4, 0.5) is 0 Å². The summed E-state index contributed by atoms with van der Waals surface area (Å²) >= 11 is 0. The van der Waals surface area contributed by atoms with Crippen molar-refractivity contribution in [3.8, 4) is 0 Å². The van der Waals surface area contributed by atoms with Crippen molar-refractivity contribution in [2.24, 2.45) is 0 Å². The van der Waals surface area contributed by atoms with Gasteiger partial charge < -0.3 is 4.98 Å². The predicted octanol–water partition coefficient (Wildman–Crippen LogP) is 3.69. The molecule has 0 fully saturated rings. The molecular formula is C13H18N2. The lowest BCUT2D eigenvalue weighted by Gasteiger charge is -2.01. The van der Waals surface area contributed by atoms with Crippen LogP contribution in [0.3, 0.4) is 0 Å². The molecule has 0 bridgehead atoms. The minimum atomic E-state index is 0.511. The zero-order chi connectivity index (χ0) is 11.0. The molecule has 2 rings (SSSR count). The quantitative estimate of drug-likeness (QED) is 0.790. The smallest absolute Gasteiger partial charge is 0.110 e. The van der Waals surface area contributed by atoms with E-state index in [9.17, 15) is 0 Å². The van der Waals surface area contributed by atoms with Gasteiger partial charge in [-0.1, -0.05) is 19.9 Å². The molecule has 0 saturated heterocycles. The van der Waals surface area contributed by atoms with E-state index in [4.69, 9.17) is 0 Å². The Hall–Kier alpha value is -1.31. The van der Waals surface area contributed by atoms with Gasteiger partial charge in [0.2, 0.25) is 0 Å². The molecule has 1 aromatic carbocycles. The summed E-state index contributed by atoms with van der Waals surface area (Å²) in [4.78, 5) is 8.09. The van der Waals surface area contributed by atoms with E-state index < -0.39 is 0 Å². The summed E-state index contributed by atoms with van der Waals surface area (Å²) in [7, 11) is 0. The maximum atomic E-state index is 4.67. The zero-order valence-corrected chi connectivity index (χ0v) is 9.89. The lowest BCUT2D eigenvalue weighted by Crippen LogP contribution is -1.93. The fourth-order valence-corrected chi connectivity index (χ4v) is 1.92. The Morgan fingerprint density at radius 2 is 2.07 bits per heavy atom. The maximum absolute atomic E-state index is 4.67. The number of nitrogens with zero attached hydrogens (tertiary/aromatic N) is 1. The number of nitrogens with one attached hydrogen (secondary N) is 1. The van der Waals surface area contributed by atoms with E-state index in [-0.39, 0.29) is 0 Å². The van der Waals surface area contributed by atoms with Crippen LogP contribution < -0.4 is 0 Å². The van der Waals surface area contributed by atoms with Gasteiger partial charge in [0.25, 0.3) is 0 Å². The minimum absolute atomic E-state index is 0.511. The molecule has 1 aromatic heterocycles. The van der Waals surface area contributed by atoms with Crippen LogP contribution in [0.2, 0.25) is 0 Å². The number of fused-ring (bicyclic) bond motifs is 1. The van der Waals surface area contributed by atoms with Crippen LogP contribution in [0.15, 0.2) is 12.1 Å². The number of rotatable bonds is 2. The molecule has 0 saturated carbocycles. The Morgan fingerprint density at radius 1 is 1.33 bits per heavy atom. The predicted molar refractivity (Wildman–Crippen MR) is 64.3 cm³/mol. The van der Waals surface area contributed by atoms with E-state index in [1.807, 2.05) is 0 Å². The SMILES string of the molecule is CCC(C)c1nc2c(C)cc(C)cc2[nH]1. The zero-order valence-electron chi connectivity index (χ0n) is 9.89. The standard InChI is InChI=1S/C13H18N2/c1-5-9(3)13-14-11-7-8(2)6-10(4)12(11)15-13/h6-7,9H,5H2,1-4H3,(H,14,15). The Kier molecular flexibility index (Phi) is 2.51. The molecule has 15 heavy (non-hydrogen) atoms. The van der Waals surface area contributed by atoms with Gasteiger partial charge in [0.15, 0.2) is 0 Å². The van der Waals surface area contributed by atoms with Gasteiger partial charge in [-0.05, 0) is 37.5 Å². The second-order valence-electron chi connectivity index (χ2n) is 4.41. The highest BCUT2D eigenvalue weighted by atomic mass is 14.9. The van der Waals surface area contributed by atoms with Crippen LogP contribution in [-0.2, 0) is 0 Å². The molecule has 2 aromatic rings. The summed E-state index contributed by atoms with van der Waals surface area (Å²) in [5.74, 6) is 1.62. The summed E-state index contributed by atoms with van der Waals surface area (Å²) in [6.07, 6.45) is 1.12. The van der Waals surface area contributed by atoms with Crippen LogP contribution in [0.1, 0.15) is 43.1 Å². The van der Waals surface area contributed by atoms with E-state index >= 15 is 0 Å². The third kappa shape index (κ3) is 1.76. The molecule has 0 aliphatic heterocycles. The number of hydrogen-bond acceptors (Lipinski definition) is 1. The highest BCUT2D eigenvalue weighted by molar-refractivity contribution is 5.79. The molecular weight excluding hydrogens is 184 g/mol. The number of benzene rings is 1. The lowest BCUT2D eigenvalue weighted by molar-refractivity contribution is 0.692. The van der Waals surface area contributed by atoms with E-state index in [0.717, 1.165) is 17.8 Å². The molecule has 0 radical (unpaired) electrons. The van der Waals surface area contributed by atoms with Gasteiger partial charge in [0, 0.05) is 5.92 Å². The van der Waals surface area contributed by atoms with Gasteiger partial charge in [-0.15, -0.1) is 0 Å². The molecule has 0 aliphatic carbocycles. The second-order valence-corrected chi connectivity index (χ2v) is 4.41. The molecule has 2 nitrogen and oxygen atoms in total. The summed E-state index contributed by atoms with van der Waals surface area (Å²) in [6.45, 7) is 8.64. The van der Waals surface area contributed by atoms with Gasteiger partial charge in [0.05, 0.1) is 11.0 Å². The van der Waals surface area contributed by atoms with Gasteiger partial charge in [-0.3, -0.25) is 0 Å². The molecule has 1 atom stereocenters. The topological polar surface area (TPSA) is 28.7 Å². The van der Waals surface area contributed by atoms with Crippen molar-refractivity contribution in [1.29, 1.82) is 0 Å². The molecule has 0 spiro atoms. The minimum Gasteiger partial charge on any atom is -0.342 e. The normalized spacial score (nSPS) is 13.3. The molecule has 80 valence electrons. The number of aromatic amines is 1. The van der Waals surface area contributed by atoms with Crippen molar-refractivity contribution in [2.45, 2.75) is 40.0 Å². The van der Waals surface area contributed by atoms with Crippen molar-refractivity contribution in [2.75, 3.05) is 0 Å². The summed E-state index contributed by atoms with van der Waals surface area (Å²) < 4.78 is 0. The Balaban J connectivity index is 2.60. The number of H-pyrrole nitrogens is 1. The first-order chi connectivity index (χ1) is 7.11. The maximum Gasteiger partial charge on any atom is 0.110 e. The average molecular weight is 202 g/mol. The van der Waals surface area contributed by atoms with Crippen LogP contribution in [0.5, 0.6) is 0 Å². The van der Waals surface area contributed by atoms with Crippen LogP contribution in [0, 0.1) is 13.8 Å². The second kappa shape index (κ2) is 3.69. The van der Waals surface area contributed by atoms with E-state index in [1.54, 1.807) is 0 Å². The number of aromatic nitrogens is 2. The molecule has 0 amide bonds. The van der Waals surface area contributed by atoms with Crippen molar-refractivity contribution in [1.82, 2.24) is 9.97 Å². The van der Waals surface area contributed by atoms with Crippen LogP contribution in [0.25, 0.3) is 11.0 Å². The number of imidazole rings is 1. The summed E-state index contributed by atoms with van der Waals surface area (Å²) in [5, 5.41) is 0. The largest absolute Gasteiger partial charge is 0.342 e. The fraction of sp³-hybridized carbons (Fsp3) is 0.462. The van der Waals surface area contributed by atoms with E-state index in [1.165, 1.54) is 16.6 Å². The monoisotopic (exact) mass is 202 g/mol. The molecule has 1 N–H and O–H groups in total. The van der Waals surface area contributed by atoms with E-state index in [2.05, 4.69) is 49.8 Å². The number of hydrogen-bond donors (Lipinski definition) is 1. The first-order valence-corrected chi connectivity index (χ1v) is 5.58. The average Bonchev–Trinajstić information content (AvgIpc) is 2.60. The van der Waals surface area contributed by atoms with Crippen molar-refractivity contribution < 1.29 is 0 Å². The molecule has 1 unspecified atom stereocenters. The van der Waals surface area contributed by atoms with Crippen LogP contribution in [-0.4, -0.2) is 9.97 Å². The van der Waals surface area contributed by atoms with Gasteiger partial charge in [-0.2, -0.15) is 0 Å². The van der Waals surface area contributed by atoms with Gasteiger partial charge in [0.1, 0.15) is 5.82 Å². The third-order valence-corrected chi connectivity index (χ3v) is 3.02. The third-order valence-electron chi connectivity index (χ3n) is 3.02. The van der Waals surface area contributed by atoms with Crippen molar-refractivity contribution >= 4 is 11.0 Å². The lowest BCUT2D eigenvalue weighted by atomic mass is 10.1. The van der Waals surface area contributed by atoms with Gasteiger partial charge >= 0.3 is 0 Å². The highest BCUT2D eigenvalue weighted by Gasteiger charge is 2.10. The first-order valence-electron chi connectivity index (χ1n) is 5.58. The summed E-state index contributed by atoms with van der Waals surface area (Å²) in [6, 6.07) is 4.35. The molecule has 1 heterocycles. The molecule has 2 heteroatoms. The fourth-order valence-electron chi connectivity index (χ4n) is 1.92. The van der Waals surface area contributed by atoms with Gasteiger partial charge in [-0.25, -0.2) is 4.98 Å².